The van der Waals surface area contributed by atoms with Gasteiger partial charge in [-0.05, 0) is 33.8 Å². The molecule has 0 amide bonds. The Kier molecular flexibility index (Phi) is 3.30. The molecule has 1 aromatic rings. The SMILES string of the molecule is CC1(C)OB(c2cnc(N)c(C(F)F)c2)OC1(C)C. The second-order valence-electron chi connectivity index (χ2n) is 5.63. The second kappa shape index (κ2) is 4.42. The van der Waals surface area contributed by atoms with Crippen molar-refractivity contribution in [2.24, 2.45) is 0 Å². The molecule has 0 atom stereocenters. The summed E-state index contributed by atoms with van der Waals surface area (Å²) in [6.45, 7) is 7.58. The van der Waals surface area contributed by atoms with Crippen LogP contribution in [0.3, 0.4) is 0 Å². The number of rotatable bonds is 2. The van der Waals surface area contributed by atoms with Gasteiger partial charge in [-0.25, -0.2) is 13.8 Å². The average molecular weight is 270 g/mol. The molecule has 2 heterocycles. The molecule has 104 valence electrons. The molecule has 2 N–H and O–H groups in total. The van der Waals surface area contributed by atoms with Crippen LogP contribution in [0.5, 0.6) is 0 Å². The number of nitrogens with two attached hydrogens (primary N) is 1. The van der Waals surface area contributed by atoms with Gasteiger partial charge in [-0.2, -0.15) is 0 Å². The van der Waals surface area contributed by atoms with Crippen LogP contribution in [0.2, 0.25) is 0 Å². The predicted molar refractivity (Wildman–Crippen MR) is 69.3 cm³/mol. The summed E-state index contributed by atoms with van der Waals surface area (Å²) in [4.78, 5) is 3.78. The molecule has 0 bridgehead atoms. The summed E-state index contributed by atoms with van der Waals surface area (Å²) in [5.41, 5.74) is 4.52. The highest BCUT2D eigenvalue weighted by Gasteiger charge is 2.51. The van der Waals surface area contributed by atoms with Gasteiger partial charge in [0.15, 0.2) is 0 Å². The van der Waals surface area contributed by atoms with Gasteiger partial charge in [-0.1, -0.05) is 0 Å². The van der Waals surface area contributed by atoms with Crippen molar-refractivity contribution in [2.45, 2.75) is 45.3 Å². The topological polar surface area (TPSA) is 57.4 Å². The molecule has 0 unspecified atom stereocenters. The van der Waals surface area contributed by atoms with Crippen LogP contribution in [-0.4, -0.2) is 23.3 Å². The predicted octanol–water partition coefficient (Wildman–Crippen LogP) is 1.90. The number of hydrogen-bond acceptors (Lipinski definition) is 4. The first-order valence-electron chi connectivity index (χ1n) is 6.03. The van der Waals surface area contributed by atoms with Gasteiger partial charge in [0.05, 0.1) is 16.8 Å². The van der Waals surface area contributed by atoms with Crippen LogP contribution in [0.25, 0.3) is 0 Å². The van der Waals surface area contributed by atoms with Gasteiger partial charge in [-0.15, -0.1) is 0 Å². The summed E-state index contributed by atoms with van der Waals surface area (Å²) in [6, 6.07) is 1.29. The van der Waals surface area contributed by atoms with E-state index in [0.29, 0.717) is 5.46 Å². The average Bonchev–Trinajstić information content (AvgIpc) is 2.48. The van der Waals surface area contributed by atoms with Gasteiger partial charge in [0, 0.05) is 11.7 Å². The molecule has 0 radical (unpaired) electrons. The largest absolute Gasteiger partial charge is 0.496 e. The Morgan fingerprint density at radius 2 is 1.74 bits per heavy atom. The third kappa shape index (κ3) is 2.44. The Morgan fingerprint density at radius 1 is 1.21 bits per heavy atom. The lowest BCUT2D eigenvalue weighted by atomic mass is 9.79. The van der Waals surface area contributed by atoms with Crippen LogP contribution in [0.15, 0.2) is 12.3 Å². The van der Waals surface area contributed by atoms with Crippen LogP contribution in [0.1, 0.15) is 39.7 Å². The fourth-order valence-corrected chi connectivity index (χ4v) is 1.79. The van der Waals surface area contributed by atoms with Crippen LogP contribution < -0.4 is 11.2 Å². The Morgan fingerprint density at radius 3 is 2.21 bits per heavy atom. The molecular formula is C12H17BF2N2O2. The Labute approximate surface area is 111 Å². The van der Waals surface area contributed by atoms with Crippen molar-refractivity contribution in [3.05, 3.63) is 17.8 Å². The van der Waals surface area contributed by atoms with Gasteiger partial charge in [-0.3, -0.25) is 0 Å². The van der Waals surface area contributed by atoms with Gasteiger partial charge in [0.25, 0.3) is 6.43 Å². The lowest BCUT2D eigenvalue weighted by molar-refractivity contribution is 0.00578. The van der Waals surface area contributed by atoms with E-state index < -0.39 is 24.7 Å². The second-order valence-corrected chi connectivity index (χ2v) is 5.63. The first-order chi connectivity index (χ1) is 8.64. The smallest absolute Gasteiger partial charge is 0.399 e. The summed E-state index contributed by atoms with van der Waals surface area (Å²) in [5.74, 6) is -0.171. The zero-order valence-corrected chi connectivity index (χ0v) is 11.4. The Bertz CT molecular complexity index is 479. The van der Waals surface area contributed by atoms with Crippen molar-refractivity contribution in [1.82, 2.24) is 4.98 Å². The molecule has 0 saturated carbocycles. The van der Waals surface area contributed by atoms with Gasteiger partial charge < -0.3 is 15.0 Å². The molecule has 7 heteroatoms. The molecule has 1 saturated heterocycles. The van der Waals surface area contributed by atoms with Crippen molar-refractivity contribution in [3.63, 3.8) is 0 Å². The molecular weight excluding hydrogens is 253 g/mol. The van der Waals surface area contributed by atoms with E-state index in [4.69, 9.17) is 15.0 Å². The fraction of sp³-hybridized carbons (Fsp3) is 0.583. The molecule has 4 nitrogen and oxygen atoms in total. The fourth-order valence-electron chi connectivity index (χ4n) is 1.79. The Balaban J connectivity index is 2.32. The normalized spacial score (nSPS) is 21.1. The first-order valence-corrected chi connectivity index (χ1v) is 6.03. The molecule has 1 aliphatic rings. The maximum absolute atomic E-state index is 12.8. The molecule has 1 aromatic heterocycles. The number of hydrogen-bond donors (Lipinski definition) is 1. The van der Waals surface area contributed by atoms with Crippen molar-refractivity contribution in [3.8, 4) is 0 Å². The van der Waals surface area contributed by atoms with Crippen molar-refractivity contribution < 1.29 is 18.1 Å². The minimum absolute atomic E-state index is 0.171. The van der Waals surface area contributed by atoms with Crippen LogP contribution in [0, 0.1) is 0 Å². The zero-order valence-electron chi connectivity index (χ0n) is 11.4. The highest BCUT2D eigenvalue weighted by Crippen LogP contribution is 2.36. The quantitative estimate of drug-likeness (QED) is 0.834. The van der Waals surface area contributed by atoms with E-state index in [9.17, 15) is 8.78 Å². The van der Waals surface area contributed by atoms with E-state index in [2.05, 4.69) is 4.98 Å². The third-order valence-electron chi connectivity index (χ3n) is 3.73. The van der Waals surface area contributed by atoms with Gasteiger partial charge in [0.1, 0.15) is 5.82 Å². The molecule has 2 rings (SSSR count). The van der Waals surface area contributed by atoms with E-state index in [1.807, 2.05) is 27.7 Å². The summed E-state index contributed by atoms with van der Waals surface area (Å²) in [7, 11) is -0.712. The van der Waals surface area contributed by atoms with E-state index >= 15 is 0 Å². The molecule has 0 aromatic carbocycles. The zero-order chi connectivity index (χ0) is 14.4. The molecule has 19 heavy (non-hydrogen) atoms. The molecule has 0 aliphatic carbocycles. The number of pyridine rings is 1. The summed E-state index contributed by atoms with van der Waals surface area (Å²) in [5, 5.41) is 0. The molecule has 1 aliphatic heterocycles. The monoisotopic (exact) mass is 270 g/mol. The lowest BCUT2D eigenvalue weighted by Gasteiger charge is -2.32. The van der Waals surface area contributed by atoms with Gasteiger partial charge in [0.2, 0.25) is 0 Å². The van der Waals surface area contributed by atoms with Crippen molar-refractivity contribution in [1.29, 1.82) is 0 Å². The lowest BCUT2D eigenvalue weighted by Crippen LogP contribution is -2.41. The number of halogens is 2. The van der Waals surface area contributed by atoms with Crippen LogP contribution in [0.4, 0.5) is 14.6 Å². The van der Waals surface area contributed by atoms with E-state index in [0.717, 1.165) is 0 Å². The summed E-state index contributed by atoms with van der Waals surface area (Å²) >= 11 is 0. The number of nitrogens with zero attached hydrogens (tertiary/aromatic N) is 1. The number of alkyl halides is 2. The highest BCUT2D eigenvalue weighted by atomic mass is 19.3. The Hall–Kier alpha value is -1.21. The molecule has 1 fully saturated rings. The van der Waals surface area contributed by atoms with Crippen molar-refractivity contribution >= 4 is 18.4 Å². The van der Waals surface area contributed by atoms with E-state index in [-0.39, 0.29) is 11.4 Å². The summed E-state index contributed by atoms with van der Waals surface area (Å²) in [6.07, 6.45) is -1.27. The number of anilines is 1. The molecule has 0 spiro atoms. The minimum atomic E-state index is -2.67. The number of aromatic nitrogens is 1. The standard InChI is InChI=1S/C12H17BF2N2O2/c1-11(2)12(3,4)19-13(18-11)7-5-8(9(14)15)10(16)17-6-7/h5-6,9H,1-4H3,(H2,16,17). The van der Waals surface area contributed by atoms with Crippen LogP contribution in [-0.2, 0) is 9.31 Å². The maximum atomic E-state index is 12.8. The first kappa shape index (κ1) is 14.2. The third-order valence-corrected chi connectivity index (χ3v) is 3.73. The van der Waals surface area contributed by atoms with E-state index in [1.165, 1.54) is 12.3 Å². The minimum Gasteiger partial charge on any atom is -0.399 e. The van der Waals surface area contributed by atoms with E-state index in [1.54, 1.807) is 0 Å². The highest BCUT2D eigenvalue weighted by molar-refractivity contribution is 6.62. The van der Waals surface area contributed by atoms with Gasteiger partial charge >= 0.3 is 7.12 Å². The maximum Gasteiger partial charge on any atom is 0.496 e. The summed E-state index contributed by atoms with van der Waals surface area (Å²) < 4.78 is 37.1. The van der Waals surface area contributed by atoms with Crippen LogP contribution >= 0.6 is 0 Å². The van der Waals surface area contributed by atoms with Crippen molar-refractivity contribution in [2.75, 3.05) is 5.73 Å². The number of nitrogen functional groups attached to an aromatic ring is 1.